The second-order valence-electron chi connectivity index (χ2n) is 5.87. The van der Waals surface area contributed by atoms with Crippen LogP contribution in [0.15, 0.2) is 48.7 Å². The number of aromatic nitrogens is 1. The molecule has 0 fully saturated rings. The summed E-state index contributed by atoms with van der Waals surface area (Å²) in [4.78, 5) is 15.2. The highest BCUT2D eigenvalue weighted by atomic mass is 32.2. The van der Waals surface area contributed by atoms with Gasteiger partial charge < -0.3 is 9.72 Å². The minimum Gasteiger partial charge on any atom is -0.462 e. The number of halogens is 1. The zero-order valence-corrected chi connectivity index (χ0v) is 14.9. The van der Waals surface area contributed by atoms with Crippen LogP contribution in [0.4, 0.5) is 4.39 Å². The number of carbonyl (C=O) groups excluding carboxylic acids is 1. The Kier molecular flexibility index (Phi) is 5.76. The van der Waals surface area contributed by atoms with Crippen molar-refractivity contribution in [3.8, 4) is 0 Å². The molecule has 0 atom stereocenters. The van der Waals surface area contributed by atoms with E-state index in [1.165, 1.54) is 17.7 Å². The third kappa shape index (κ3) is 4.42. The van der Waals surface area contributed by atoms with E-state index < -0.39 is 0 Å². The van der Waals surface area contributed by atoms with Gasteiger partial charge in [-0.3, -0.25) is 0 Å². The Balaban J connectivity index is 1.50. The lowest BCUT2D eigenvalue weighted by atomic mass is 10.1. The van der Waals surface area contributed by atoms with Crippen molar-refractivity contribution < 1.29 is 13.9 Å². The topological polar surface area (TPSA) is 42.1 Å². The summed E-state index contributed by atoms with van der Waals surface area (Å²) in [6.07, 6.45) is 5.35. The van der Waals surface area contributed by atoms with Gasteiger partial charge in [-0.25, -0.2) is 9.18 Å². The number of hydrogen-bond donors (Lipinski definition) is 1. The van der Waals surface area contributed by atoms with Gasteiger partial charge in [0.2, 0.25) is 0 Å². The number of rotatable bonds is 7. The highest BCUT2D eigenvalue weighted by Gasteiger charge is 2.08. The monoisotopic (exact) mass is 357 g/mol. The van der Waals surface area contributed by atoms with E-state index in [1.54, 1.807) is 30.0 Å². The van der Waals surface area contributed by atoms with Crippen LogP contribution in [0.25, 0.3) is 10.9 Å². The number of thioether (sulfide) groups is 1. The van der Waals surface area contributed by atoms with Crippen LogP contribution in [0.1, 0.15) is 27.9 Å². The quantitative estimate of drug-likeness (QED) is 0.480. The van der Waals surface area contributed by atoms with E-state index in [4.69, 9.17) is 4.74 Å². The molecule has 3 rings (SSSR count). The molecule has 0 radical (unpaired) electrons. The number of fused-ring (bicyclic) bond motifs is 1. The van der Waals surface area contributed by atoms with Gasteiger partial charge in [-0.1, -0.05) is 12.1 Å². The molecule has 0 aliphatic rings. The van der Waals surface area contributed by atoms with Crippen LogP contribution in [0.3, 0.4) is 0 Å². The molecule has 2 aromatic carbocycles. The molecule has 3 nitrogen and oxygen atoms in total. The maximum atomic E-state index is 13.4. The molecule has 1 N–H and O–H groups in total. The second kappa shape index (κ2) is 8.21. The van der Waals surface area contributed by atoms with Gasteiger partial charge in [-0.2, -0.15) is 11.8 Å². The molecule has 3 aromatic rings. The molecule has 5 heteroatoms. The largest absolute Gasteiger partial charge is 0.462 e. The molecular weight excluding hydrogens is 337 g/mol. The molecule has 0 saturated carbocycles. The molecule has 130 valence electrons. The molecule has 0 aliphatic carbocycles. The lowest BCUT2D eigenvalue weighted by Crippen LogP contribution is -2.07. The fraction of sp³-hybridized carbons (Fsp3) is 0.250. The van der Waals surface area contributed by atoms with Crippen LogP contribution < -0.4 is 0 Å². The number of ether oxygens (including phenoxy) is 1. The molecule has 0 bridgehead atoms. The number of nitrogens with one attached hydrogen (secondary N) is 1. The molecule has 1 heterocycles. The Hall–Kier alpha value is -2.27. The minimum absolute atomic E-state index is 0.246. The standard InChI is InChI=1S/C20H20FNO2S/c1-25-13-14-4-6-15(7-5-14)20(23)24-10-2-3-16-12-22-19-9-8-17(21)11-18(16)19/h4-9,11-12,22H,2-3,10,13H2,1H3. The van der Waals surface area contributed by atoms with E-state index in [0.717, 1.165) is 28.6 Å². The summed E-state index contributed by atoms with van der Waals surface area (Å²) >= 11 is 1.74. The number of H-pyrrole nitrogens is 1. The van der Waals surface area contributed by atoms with Gasteiger partial charge in [0.25, 0.3) is 0 Å². The van der Waals surface area contributed by atoms with E-state index >= 15 is 0 Å². The number of carbonyl (C=O) groups is 1. The van der Waals surface area contributed by atoms with Crippen molar-refractivity contribution in [3.63, 3.8) is 0 Å². The fourth-order valence-electron chi connectivity index (χ4n) is 2.77. The third-order valence-corrected chi connectivity index (χ3v) is 4.68. The van der Waals surface area contributed by atoms with Gasteiger partial charge in [0.15, 0.2) is 0 Å². The maximum Gasteiger partial charge on any atom is 0.338 e. The predicted octanol–water partition coefficient (Wildman–Crippen LogP) is 4.96. The minimum atomic E-state index is -0.305. The van der Waals surface area contributed by atoms with Crippen molar-refractivity contribution in [1.82, 2.24) is 4.98 Å². The summed E-state index contributed by atoms with van der Waals surface area (Å²) < 4.78 is 18.7. The molecule has 25 heavy (non-hydrogen) atoms. The normalized spacial score (nSPS) is 11.0. The van der Waals surface area contributed by atoms with Gasteiger partial charge in [-0.15, -0.1) is 0 Å². The SMILES string of the molecule is CSCc1ccc(C(=O)OCCCc2c[nH]c3ccc(F)cc23)cc1. The summed E-state index contributed by atoms with van der Waals surface area (Å²) in [5.74, 6) is 0.381. The van der Waals surface area contributed by atoms with Gasteiger partial charge in [0, 0.05) is 22.9 Å². The van der Waals surface area contributed by atoms with Gasteiger partial charge in [0.1, 0.15) is 5.82 Å². The van der Waals surface area contributed by atoms with Crippen molar-refractivity contribution in [1.29, 1.82) is 0 Å². The third-order valence-electron chi connectivity index (χ3n) is 4.05. The van der Waals surface area contributed by atoms with Gasteiger partial charge in [-0.05, 0) is 60.6 Å². The summed E-state index contributed by atoms with van der Waals surface area (Å²) in [5, 5.41) is 0.885. The molecule has 0 unspecified atom stereocenters. The van der Waals surface area contributed by atoms with Crippen LogP contribution in [0.2, 0.25) is 0 Å². The van der Waals surface area contributed by atoms with E-state index in [-0.39, 0.29) is 11.8 Å². The van der Waals surface area contributed by atoms with Crippen molar-refractivity contribution in [2.75, 3.05) is 12.9 Å². The smallest absolute Gasteiger partial charge is 0.338 e. The maximum absolute atomic E-state index is 13.4. The van der Waals surface area contributed by atoms with Gasteiger partial charge >= 0.3 is 5.97 Å². The Labute approximate surface area is 150 Å². The Morgan fingerprint density at radius 3 is 2.76 bits per heavy atom. The van der Waals surface area contributed by atoms with Crippen LogP contribution in [-0.2, 0) is 16.9 Å². The molecule has 0 saturated heterocycles. The molecule has 0 amide bonds. The zero-order chi connectivity index (χ0) is 17.6. The lowest BCUT2D eigenvalue weighted by Gasteiger charge is -2.06. The summed E-state index contributed by atoms with van der Waals surface area (Å²) in [6.45, 7) is 0.341. The highest BCUT2D eigenvalue weighted by molar-refractivity contribution is 7.97. The zero-order valence-electron chi connectivity index (χ0n) is 14.0. The van der Waals surface area contributed by atoms with Gasteiger partial charge in [0.05, 0.1) is 12.2 Å². The molecule has 0 spiro atoms. The van der Waals surface area contributed by atoms with Crippen LogP contribution >= 0.6 is 11.8 Å². The number of aromatic amines is 1. The van der Waals surface area contributed by atoms with E-state index in [9.17, 15) is 9.18 Å². The lowest BCUT2D eigenvalue weighted by molar-refractivity contribution is 0.0500. The summed E-state index contributed by atoms with van der Waals surface area (Å²) in [7, 11) is 0. The summed E-state index contributed by atoms with van der Waals surface area (Å²) in [6, 6.07) is 12.2. The molecule has 1 aromatic heterocycles. The number of hydrogen-bond acceptors (Lipinski definition) is 3. The molecular formula is C20H20FNO2S. The van der Waals surface area contributed by atoms with Crippen LogP contribution in [-0.4, -0.2) is 23.8 Å². The van der Waals surface area contributed by atoms with Crippen molar-refractivity contribution >= 4 is 28.6 Å². The van der Waals surface area contributed by atoms with Crippen LogP contribution in [0, 0.1) is 5.82 Å². The average molecular weight is 357 g/mol. The van der Waals surface area contributed by atoms with Crippen molar-refractivity contribution in [3.05, 3.63) is 71.2 Å². The Morgan fingerprint density at radius 1 is 1.20 bits per heavy atom. The first kappa shape index (κ1) is 17.5. The summed E-state index contributed by atoms with van der Waals surface area (Å²) in [5.41, 5.74) is 3.71. The van der Waals surface area contributed by atoms with Crippen LogP contribution in [0.5, 0.6) is 0 Å². The van der Waals surface area contributed by atoms with E-state index in [2.05, 4.69) is 4.98 Å². The predicted molar refractivity (Wildman–Crippen MR) is 101 cm³/mol. The second-order valence-corrected chi connectivity index (χ2v) is 6.74. The number of benzene rings is 2. The van der Waals surface area contributed by atoms with Crippen molar-refractivity contribution in [2.45, 2.75) is 18.6 Å². The average Bonchev–Trinajstić information content (AvgIpc) is 3.01. The van der Waals surface area contributed by atoms with E-state index in [0.29, 0.717) is 18.6 Å². The number of aryl methyl sites for hydroxylation is 1. The molecule has 0 aliphatic heterocycles. The highest BCUT2D eigenvalue weighted by Crippen LogP contribution is 2.20. The number of esters is 1. The Morgan fingerprint density at radius 2 is 2.00 bits per heavy atom. The fourth-order valence-corrected chi connectivity index (χ4v) is 3.30. The Bertz CT molecular complexity index is 858. The first-order chi connectivity index (χ1) is 12.2. The first-order valence-electron chi connectivity index (χ1n) is 8.18. The van der Waals surface area contributed by atoms with Crippen molar-refractivity contribution in [2.24, 2.45) is 0 Å². The van der Waals surface area contributed by atoms with E-state index in [1.807, 2.05) is 24.6 Å². The first-order valence-corrected chi connectivity index (χ1v) is 9.57.